The Morgan fingerprint density at radius 3 is 2.58 bits per heavy atom. The predicted octanol–water partition coefficient (Wildman–Crippen LogP) is 2.90. The molecular weight excluding hydrogens is 298 g/mol. The molecule has 0 bridgehead atoms. The molecule has 1 N–H and O–H groups in total. The number of benzene rings is 1. The van der Waals surface area contributed by atoms with E-state index in [1.54, 1.807) is 0 Å². The third-order valence-corrected chi connectivity index (χ3v) is 4.92. The van der Waals surface area contributed by atoms with E-state index in [9.17, 15) is 4.79 Å². The van der Waals surface area contributed by atoms with Crippen LogP contribution in [-0.2, 0) is 24.8 Å². The summed E-state index contributed by atoms with van der Waals surface area (Å²) in [6.07, 6.45) is 3.14. The second kappa shape index (κ2) is 7.22. The van der Waals surface area contributed by atoms with Crippen LogP contribution in [-0.4, -0.2) is 28.5 Å². The van der Waals surface area contributed by atoms with Crippen molar-refractivity contribution in [2.24, 2.45) is 13.0 Å². The molecule has 0 radical (unpaired) electrons. The standard InChI is InChI=1S/C20H27N3O/c1-15(2)20(24)21-13-19(18-9-6-11-22(18)3)23-12-10-16-7-4-5-8-17(16)14-23/h4-9,11,15,19H,10,12-14H2,1-3H3,(H,21,24). The summed E-state index contributed by atoms with van der Waals surface area (Å²) < 4.78 is 2.16. The molecule has 1 aliphatic heterocycles. The summed E-state index contributed by atoms with van der Waals surface area (Å²) in [7, 11) is 2.07. The van der Waals surface area contributed by atoms with Gasteiger partial charge in [-0.1, -0.05) is 38.1 Å². The molecule has 1 aromatic carbocycles. The van der Waals surface area contributed by atoms with Crippen LogP contribution in [0.5, 0.6) is 0 Å². The highest BCUT2D eigenvalue weighted by molar-refractivity contribution is 5.77. The zero-order valence-electron chi connectivity index (χ0n) is 14.8. The Bertz CT molecular complexity index is 704. The highest BCUT2D eigenvalue weighted by Crippen LogP contribution is 2.27. The summed E-state index contributed by atoms with van der Waals surface area (Å²) in [6.45, 7) is 6.47. The Labute approximate surface area is 144 Å². The topological polar surface area (TPSA) is 37.3 Å². The minimum absolute atomic E-state index is 0.0149. The molecule has 0 aliphatic carbocycles. The fourth-order valence-electron chi connectivity index (χ4n) is 3.43. The number of nitrogens with zero attached hydrogens (tertiary/aromatic N) is 2. The van der Waals surface area contributed by atoms with E-state index in [1.807, 2.05) is 13.8 Å². The second-order valence-electron chi connectivity index (χ2n) is 6.95. The summed E-state index contributed by atoms with van der Waals surface area (Å²) in [5.74, 6) is 0.132. The summed E-state index contributed by atoms with van der Waals surface area (Å²) in [5, 5.41) is 3.13. The van der Waals surface area contributed by atoms with Crippen LogP contribution in [0.25, 0.3) is 0 Å². The Morgan fingerprint density at radius 1 is 1.17 bits per heavy atom. The maximum Gasteiger partial charge on any atom is 0.222 e. The minimum atomic E-state index is 0.0149. The summed E-state index contributed by atoms with van der Waals surface area (Å²) >= 11 is 0. The van der Waals surface area contributed by atoms with Crippen molar-refractivity contribution in [1.29, 1.82) is 0 Å². The number of nitrogens with one attached hydrogen (secondary N) is 1. The zero-order valence-corrected chi connectivity index (χ0v) is 14.8. The molecular formula is C20H27N3O. The fraction of sp³-hybridized carbons (Fsp3) is 0.450. The van der Waals surface area contributed by atoms with E-state index >= 15 is 0 Å². The Morgan fingerprint density at radius 2 is 1.92 bits per heavy atom. The van der Waals surface area contributed by atoms with Crippen LogP contribution in [0.4, 0.5) is 0 Å². The van der Waals surface area contributed by atoms with E-state index in [2.05, 4.69) is 64.4 Å². The van der Waals surface area contributed by atoms with Gasteiger partial charge in [-0.15, -0.1) is 0 Å². The molecule has 0 spiro atoms. The molecule has 1 atom stereocenters. The van der Waals surface area contributed by atoms with Crippen LogP contribution in [0.2, 0.25) is 0 Å². The number of carbonyl (C=O) groups is 1. The number of hydrogen-bond acceptors (Lipinski definition) is 2. The van der Waals surface area contributed by atoms with Crippen LogP contribution >= 0.6 is 0 Å². The lowest BCUT2D eigenvalue weighted by molar-refractivity contribution is -0.124. The smallest absolute Gasteiger partial charge is 0.222 e. The van der Waals surface area contributed by atoms with Crippen molar-refractivity contribution < 1.29 is 4.79 Å². The molecule has 0 fully saturated rings. The van der Waals surface area contributed by atoms with E-state index in [1.165, 1.54) is 16.8 Å². The summed E-state index contributed by atoms with van der Waals surface area (Å²) in [4.78, 5) is 14.5. The monoisotopic (exact) mass is 325 g/mol. The zero-order chi connectivity index (χ0) is 17.1. The molecule has 1 aromatic heterocycles. The molecule has 24 heavy (non-hydrogen) atoms. The van der Waals surface area contributed by atoms with Crippen molar-refractivity contribution in [3.8, 4) is 0 Å². The van der Waals surface area contributed by atoms with Crippen LogP contribution in [0.1, 0.15) is 36.7 Å². The molecule has 4 nitrogen and oxygen atoms in total. The molecule has 1 amide bonds. The lowest BCUT2D eigenvalue weighted by Crippen LogP contribution is -2.42. The van der Waals surface area contributed by atoms with Gasteiger partial charge < -0.3 is 9.88 Å². The average Bonchev–Trinajstić information content (AvgIpc) is 3.00. The van der Waals surface area contributed by atoms with E-state index in [0.29, 0.717) is 6.54 Å². The van der Waals surface area contributed by atoms with Gasteiger partial charge in [0.1, 0.15) is 0 Å². The lowest BCUT2D eigenvalue weighted by atomic mass is 9.97. The van der Waals surface area contributed by atoms with Crippen LogP contribution in [0.3, 0.4) is 0 Å². The molecule has 2 heterocycles. The summed E-state index contributed by atoms with van der Waals surface area (Å²) in [6, 6.07) is 13.1. The van der Waals surface area contributed by atoms with Gasteiger partial charge in [0, 0.05) is 44.5 Å². The SMILES string of the molecule is CC(C)C(=O)NCC(c1cccn1C)N1CCc2ccccc2C1. The van der Waals surface area contributed by atoms with Crippen molar-refractivity contribution >= 4 is 5.91 Å². The third kappa shape index (κ3) is 3.54. The number of hydrogen-bond donors (Lipinski definition) is 1. The number of fused-ring (bicyclic) bond motifs is 1. The molecule has 3 rings (SSSR count). The first kappa shape index (κ1) is 16.8. The number of aryl methyl sites for hydroxylation is 1. The highest BCUT2D eigenvalue weighted by Gasteiger charge is 2.26. The first-order valence-corrected chi connectivity index (χ1v) is 8.76. The van der Waals surface area contributed by atoms with Gasteiger partial charge in [0.25, 0.3) is 0 Å². The van der Waals surface area contributed by atoms with Gasteiger partial charge in [-0.05, 0) is 29.7 Å². The molecule has 128 valence electrons. The first-order chi connectivity index (χ1) is 11.6. The number of carbonyl (C=O) groups excluding carboxylic acids is 1. The van der Waals surface area contributed by atoms with Gasteiger partial charge in [-0.25, -0.2) is 0 Å². The van der Waals surface area contributed by atoms with E-state index in [-0.39, 0.29) is 17.9 Å². The van der Waals surface area contributed by atoms with Gasteiger partial charge in [0.15, 0.2) is 0 Å². The predicted molar refractivity (Wildman–Crippen MR) is 96.6 cm³/mol. The van der Waals surface area contributed by atoms with Crippen molar-refractivity contribution in [2.75, 3.05) is 13.1 Å². The third-order valence-electron chi connectivity index (χ3n) is 4.92. The average molecular weight is 325 g/mol. The molecule has 1 aliphatic rings. The van der Waals surface area contributed by atoms with Gasteiger partial charge in [0.2, 0.25) is 5.91 Å². The lowest BCUT2D eigenvalue weighted by Gasteiger charge is -2.36. The molecule has 0 saturated carbocycles. The van der Waals surface area contributed by atoms with E-state index < -0.39 is 0 Å². The quantitative estimate of drug-likeness (QED) is 0.918. The van der Waals surface area contributed by atoms with Crippen LogP contribution in [0.15, 0.2) is 42.6 Å². The van der Waals surface area contributed by atoms with E-state index in [0.717, 1.165) is 19.5 Å². The molecule has 0 saturated heterocycles. The highest BCUT2D eigenvalue weighted by atomic mass is 16.1. The minimum Gasteiger partial charge on any atom is -0.354 e. The number of amides is 1. The van der Waals surface area contributed by atoms with Gasteiger partial charge in [-0.2, -0.15) is 0 Å². The van der Waals surface area contributed by atoms with Gasteiger partial charge >= 0.3 is 0 Å². The summed E-state index contributed by atoms with van der Waals surface area (Å²) in [5.41, 5.74) is 4.10. The Hall–Kier alpha value is -2.07. The fourth-order valence-corrected chi connectivity index (χ4v) is 3.43. The molecule has 4 heteroatoms. The maximum absolute atomic E-state index is 12.0. The maximum atomic E-state index is 12.0. The van der Waals surface area contributed by atoms with Crippen molar-refractivity contribution in [3.05, 3.63) is 59.4 Å². The number of rotatable bonds is 5. The van der Waals surface area contributed by atoms with Crippen molar-refractivity contribution in [1.82, 2.24) is 14.8 Å². The van der Waals surface area contributed by atoms with Crippen molar-refractivity contribution in [2.45, 2.75) is 32.9 Å². The van der Waals surface area contributed by atoms with Gasteiger partial charge in [0.05, 0.1) is 6.04 Å². The first-order valence-electron chi connectivity index (χ1n) is 8.76. The van der Waals surface area contributed by atoms with Crippen LogP contribution in [0, 0.1) is 5.92 Å². The second-order valence-corrected chi connectivity index (χ2v) is 6.95. The molecule has 1 unspecified atom stereocenters. The van der Waals surface area contributed by atoms with Crippen molar-refractivity contribution in [3.63, 3.8) is 0 Å². The van der Waals surface area contributed by atoms with Crippen LogP contribution < -0.4 is 5.32 Å². The Kier molecular flexibility index (Phi) is 5.05. The number of aromatic nitrogens is 1. The van der Waals surface area contributed by atoms with Gasteiger partial charge in [-0.3, -0.25) is 9.69 Å². The molecule has 2 aromatic rings. The normalized spacial score (nSPS) is 16.0. The Balaban J connectivity index is 1.80. The largest absolute Gasteiger partial charge is 0.354 e. The van der Waals surface area contributed by atoms with E-state index in [4.69, 9.17) is 0 Å².